The first-order valence-electron chi connectivity index (χ1n) is 5.80. The molecule has 3 rings (SSSR count). The van der Waals surface area contributed by atoms with Crippen LogP contribution in [-0.4, -0.2) is 14.8 Å². The minimum atomic E-state index is 0.583. The Labute approximate surface area is 114 Å². The van der Waals surface area contributed by atoms with Crippen molar-refractivity contribution in [3.8, 4) is 5.69 Å². The molecule has 0 aliphatic heterocycles. The molecule has 0 fully saturated rings. The number of nitrogen functional groups attached to an aromatic ring is 1. The molecule has 0 radical (unpaired) electrons. The van der Waals surface area contributed by atoms with Crippen LogP contribution in [0.3, 0.4) is 0 Å². The minimum absolute atomic E-state index is 0.583. The van der Waals surface area contributed by atoms with Gasteiger partial charge in [0.25, 0.3) is 0 Å². The number of hydrogen-bond acceptors (Lipinski definition) is 4. The highest BCUT2D eigenvalue weighted by Gasteiger charge is 1.98. The van der Waals surface area contributed by atoms with E-state index in [-0.39, 0.29) is 0 Å². The summed E-state index contributed by atoms with van der Waals surface area (Å²) in [7, 11) is 0. The summed E-state index contributed by atoms with van der Waals surface area (Å²) in [5, 5.41) is 6.83. The van der Waals surface area contributed by atoms with Crippen LogP contribution in [0, 0.1) is 0 Å². The Bertz CT molecular complexity index is 697. The molecule has 0 saturated heterocycles. The summed E-state index contributed by atoms with van der Waals surface area (Å²) >= 11 is 1.44. The quantitative estimate of drug-likeness (QED) is 0.794. The molecular weight excluding hydrogens is 256 g/mol. The lowest BCUT2D eigenvalue weighted by atomic mass is 10.3. The molecule has 19 heavy (non-hydrogen) atoms. The van der Waals surface area contributed by atoms with Crippen molar-refractivity contribution in [2.24, 2.45) is 0 Å². The summed E-state index contributed by atoms with van der Waals surface area (Å²) in [6.45, 7) is 0. The number of anilines is 1. The maximum Gasteiger partial charge on any atom is 0.180 e. The van der Waals surface area contributed by atoms with Crippen LogP contribution < -0.4 is 5.73 Å². The Balaban J connectivity index is 1.80. The van der Waals surface area contributed by atoms with E-state index in [1.165, 1.54) is 11.3 Å². The van der Waals surface area contributed by atoms with Gasteiger partial charge in [-0.2, -0.15) is 5.10 Å². The Morgan fingerprint density at radius 2 is 2.00 bits per heavy atom. The maximum atomic E-state index is 5.58. The van der Waals surface area contributed by atoms with Crippen LogP contribution in [0.1, 0.15) is 11.3 Å². The Morgan fingerprint density at radius 3 is 2.74 bits per heavy atom. The minimum Gasteiger partial charge on any atom is -0.375 e. The Kier molecular flexibility index (Phi) is 3.12. The van der Waals surface area contributed by atoms with E-state index in [2.05, 4.69) is 10.1 Å². The van der Waals surface area contributed by atoms with Crippen molar-refractivity contribution < 1.29 is 0 Å². The Morgan fingerprint density at radius 1 is 1.16 bits per heavy atom. The standard InChI is InChI=1S/C14H12N4S/c15-14-17-12(10-19-14)7-6-11-8-16-18(9-11)13-4-2-1-3-5-13/h1-10H,(H2,15,17). The summed E-state index contributed by atoms with van der Waals surface area (Å²) in [6, 6.07) is 10.00. The molecule has 0 atom stereocenters. The number of nitrogens with zero attached hydrogens (tertiary/aromatic N) is 3. The van der Waals surface area contributed by atoms with Crippen molar-refractivity contribution in [1.29, 1.82) is 0 Å². The van der Waals surface area contributed by atoms with Crippen molar-refractivity contribution in [3.63, 3.8) is 0 Å². The molecular formula is C14H12N4S. The number of rotatable bonds is 3. The highest BCUT2D eigenvalue weighted by atomic mass is 32.1. The van der Waals surface area contributed by atoms with Gasteiger partial charge in [0.2, 0.25) is 0 Å². The van der Waals surface area contributed by atoms with E-state index >= 15 is 0 Å². The topological polar surface area (TPSA) is 56.7 Å². The fourth-order valence-electron chi connectivity index (χ4n) is 1.70. The summed E-state index contributed by atoms with van der Waals surface area (Å²) in [6.07, 6.45) is 7.70. The second-order valence-corrected chi connectivity index (χ2v) is 4.89. The zero-order chi connectivity index (χ0) is 13.1. The first kappa shape index (κ1) is 11.7. The van der Waals surface area contributed by atoms with E-state index < -0.39 is 0 Å². The van der Waals surface area contributed by atoms with Gasteiger partial charge in [-0.25, -0.2) is 9.67 Å². The highest BCUT2D eigenvalue weighted by molar-refractivity contribution is 7.13. The predicted molar refractivity (Wildman–Crippen MR) is 79.0 cm³/mol. The van der Waals surface area contributed by atoms with Crippen LogP contribution >= 0.6 is 11.3 Å². The number of para-hydroxylation sites is 1. The van der Waals surface area contributed by atoms with E-state index in [0.29, 0.717) is 5.13 Å². The van der Waals surface area contributed by atoms with Crippen LogP contribution in [0.5, 0.6) is 0 Å². The first-order chi connectivity index (χ1) is 9.31. The van der Waals surface area contributed by atoms with Crippen molar-refractivity contribution in [2.75, 3.05) is 5.73 Å². The fourth-order valence-corrected chi connectivity index (χ4v) is 2.23. The monoisotopic (exact) mass is 268 g/mol. The fraction of sp³-hybridized carbons (Fsp3) is 0. The molecule has 5 heteroatoms. The second kappa shape index (κ2) is 5.07. The molecule has 0 spiro atoms. The largest absolute Gasteiger partial charge is 0.375 e. The number of thiazole rings is 1. The molecule has 4 nitrogen and oxygen atoms in total. The lowest BCUT2D eigenvalue weighted by Crippen LogP contribution is -1.92. The lowest BCUT2D eigenvalue weighted by Gasteiger charge is -1.98. The third kappa shape index (κ3) is 2.71. The smallest absolute Gasteiger partial charge is 0.180 e. The van der Waals surface area contributed by atoms with Gasteiger partial charge in [0.05, 0.1) is 17.6 Å². The molecule has 0 bridgehead atoms. The van der Waals surface area contributed by atoms with Gasteiger partial charge in [0.1, 0.15) is 0 Å². The summed E-state index contributed by atoms with van der Waals surface area (Å²) in [5.74, 6) is 0. The summed E-state index contributed by atoms with van der Waals surface area (Å²) in [4.78, 5) is 4.17. The van der Waals surface area contributed by atoms with E-state index in [4.69, 9.17) is 5.73 Å². The SMILES string of the molecule is Nc1nc(C=Cc2cnn(-c3ccccc3)c2)cs1. The molecule has 0 unspecified atom stereocenters. The van der Waals surface area contributed by atoms with E-state index in [1.807, 2.05) is 64.9 Å². The van der Waals surface area contributed by atoms with Crippen LogP contribution in [0.15, 0.2) is 48.1 Å². The molecule has 2 aromatic heterocycles. The van der Waals surface area contributed by atoms with E-state index in [1.54, 1.807) is 0 Å². The molecule has 94 valence electrons. The maximum absolute atomic E-state index is 5.58. The first-order valence-corrected chi connectivity index (χ1v) is 6.68. The van der Waals surface area contributed by atoms with Crippen molar-refractivity contribution in [3.05, 3.63) is 59.4 Å². The molecule has 0 aliphatic carbocycles. The van der Waals surface area contributed by atoms with Crippen LogP contribution in [0.25, 0.3) is 17.8 Å². The molecule has 0 saturated carbocycles. The molecule has 0 aliphatic rings. The van der Waals surface area contributed by atoms with Gasteiger partial charge in [-0.05, 0) is 24.3 Å². The molecule has 2 N–H and O–H groups in total. The highest BCUT2D eigenvalue weighted by Crippen LogP contribution is 2.14. The zero-order valence-corrected chi connectivity index (χ0v) is 10.9. The van der Waals surface area contributed by atoms with Crippen molar-refractivity contribution in [1.82, 2.24) is 14.8 Å². The number of aromatic nitrogens is 3. The molecule has 2 heterocycles. The zero-order valence-electron chi connectivity index (χ0n) is 10.1. The average molecular weight is 268 g/mol. The van der Waals surface area contributed by atoms with Gasteiger partial charge in [-0.1, -0.05) is 18.2 Å². The van der Waals surface area contributed by atoms with Gasteiger partial charge in [0, 0.05) is 17.1 Å². The van der Waals surface area contributed by atoms with Gasteiger partial charge in [-0.15, -0.1) is 11.3 Å². The Hall–Kier alpha value is -2.40. The number of hydrogen-bond donors (Lipinski definition) is 1. The van der Waals surface area contributed by atoms with E-state index in [0.717, 1.165) is 16.9 Å². The summed E-state index contributed by atoms with van der Waals surface area (Å²) in [5.41, 5.74) is 8.52. The van der Waals surface area contributed by atoms with Crippen molar-refractivity contribution in [2.45, 2.75) is 0 Å². The normalized spacial score (nSPS) is 11.2. The van der Waals surface area contributed by atoms with Gasteiger partial charge >= 0.3 is 0 Å². The number of benzene rings is 1. The predicted octanol–water partition coefficient (Wildman–Crippen LogP) is 3.08. The second-order valence-electron chi connectivity index (χ2n) is 4.00. The molecule has 0 amide bonds. The van der Waals surface area contributed by atoms with Crippen LogP contribution in [0.2, 0.25) is 0 Å². The number of nitrogens with two attached hydrogens (primary N) is 1. The van der Waals surface area contributed by atoms with Gasteiger partial charge < -0.3 is 5.73 Å². The van der Waals surface area contributed by atoms with Crippen molar-refractivity contribution >= 4 is 28.6 Å². The third-order valence-electron chi connectivity index (χ3n) is 2.61. The van der Waals surface area contributed by atoms with Gasteiger partial charge in [0.15, 0.2) is 5.13 Å². The average Bonchev–Trinajstić information content (AvgIpc) is 3.06. The third-order valence-corrected chi connectivity index (χ3v) is 3.30. The van der Waals surface area contributed by atoms with E-state index in [9.17, 15) is 0 Å². The van der Waals surface area contributed by atoms with Gasteiger partial charge in [-0.3, -0.25) is 0 Å². The van der Waals surface area contributed by atoms with Crippen LogP contribution in [0.4, 0.5) is 5.13 Å². The summed E-state index contributed by atoms with van der Waals surface area (Å²) < 4.78 is 1.84. The lowest BCUT2D eigenvalue weighted by molar-refractivity contribution is 0.880. The van der Waals surface area contributed by atoms with Crippen LogP contribution in [-0.2, 0) is 0 Å². The molecule has 3 aromatic rings. The molecule has 1 aromatic carbocycles.